The molecule has 1 fully saturated rings. The number of nitrogens with zero attached hydrogens (tertiary/aromatic N) is 2. The summed E-state index contributed by atoms with van der Waals surface area (Å²) in [5, 5.41) is 1.46. The predicted octanol–water partition coefficient (Wildman–Crippen LogP) is 3.47. The van der Waals surface area contributed by atoms with Crippen LogP contribution in [-0.4, -0.2) is 84.9 Å². The van der Waals surface area contributed by atoms with E-state index in [-0.39, 0.29) is 30.4 Å². The normalized spacial score (nSPS) is 18.9. The molecule has 2 heterocycles. The van der Waals surface area contributed by atoms with Crippen LogP contribution in [0.25, 0.3) is 0 Å². The standard InChI is InChI=1S/C25H27F3N2O6S2/c1-35-21(31)14-29-13-20(19-9-6-12-37-19)38-15-18(22(29)32)30(24(34)25(26,27)28)17(23(33)36-2)11-10-16-7-4-3-5-8-16/h3-9,12,17-18,20H,10-11,13-15H2,1-2H3/t17-,18-,20-/m0/s1. The van der Waals surface area contributed by atoms with Crippen LogP contribution < -0.4 is 0 Å². The molecule has 0 saturated carbocycles. The van der Waals surface area contributed by atoms with E-state index in [1.165, 1.54) is 23.1 Å². The van der Waals surface area contributed by atoms with Crippen LogP contribution in [0.2, 0.25) is 0 Å². The van der Waals surface area contributed by atoms with Crippen molar-refractivity contribution in [3.05, 3.63) is 58.3 Å². The molecular formula is C25H27F3N2O6S2. The van der Waals surface area contributed by atoms with Gasteiger partial charge in [-0.05, 0) is 29.9 Å². The van der Waals surface area contributed by atoms with Crippen molar-refractivity contribution >= 4 is 46.9 Å². The van der Waals surface area contributed by atoms with Crippen LogP contribution in [0.15, 0.2) is 47.8 Å². The fourth-order valence-electron chi connectivity index (χ4n) is 4.14. The summed E-state index contributed by atoms with van der Waals surface area (Å²) in [5.41, 5.74) is 0.729. The third-order valence-corrected chi connectivity index (χ3v) is 8.47. The number of thiophene rings is 1. The average Bonchev–Trinajstić information content (AvgIpc) is 3.39. The van der Waals surface area contributed by atoms with Crippen LogP contribution in [0.5, 0.6) is 0 Å². The fraction of sp³-hybridized carbons (Fsp3) is 0.440. The van der Waals surface area contributed by atoms with E-state index in [1.54, 1.807) is 36.4 Å². The zero-order valence-corrected chi connectivity index (χ0v) is 22.3. The molecule has 1 aromatic heterocycles. The number of halogens is 3. The van der Waals surface area contributed by atoms with Crippen molar-refractivity contribution in [2.45, 2.75) is 36.4 Å². The molecule has 0 spiro atoms. The van der Waals surface area contributed by atoms with Crippen LogP contribution in [-0.2, 0) is 35.1 Å². The van der Waals surface area contributed by atoms with Gasteiger partial charge < -0.3 is 19.3 Å². The van der Waals surface area contributed by atoms with Crippen molar-refractivity contribution in [3.8, 4) is 0 Å². The number of thioether (sulfide) groups is 1. The summed E-state index contributed by atoms with van der Waals surface area (Å²) >= 11 is 2.58. The number of rotatable bonds is 9. The van der Waals surface area contributed by atoms with E-state index in [0.717, 1.165) is 29.6 Å². The number of alkyl halides is 3. The highest BCUT2D eigenvalue weighted by atomic mass is 32.2. The Morgan fingerprint density at radius 2 is 1.82 bits per heavy atom. The topological polar surface area (TPSA) is 93.2 Å². The van der Waals surface area contributed by atoms with Gasteiger partial charge in [0, 0.05) is 17.2 Å². The highest BCUT2D eigenvalue weighted by Gasteiger charge is 2.52. The first-order chi connectivity index (χ1) is 18.1. The minimum atomic E-state index is -5.36. The number of hydrogen-bond donors (Lipinski definition) is 0. The molecule has 0 bridgehead atoms. The SMILES string of the molecule is COC(=O)CN1C[C@@H](c2cccs2)SC[C@H](N(C(=O)C(F)(F)F)[C@@H](CCc2ccccc2)C(=O)OC)C1=O. The maximum absolute atomic E-state index is 13.9. The Morgan fingerprint density at radius 3 is 2.39 bits per heavy atom. The molecule has 2 aromatic rings. The number of aryl methyl sites for hydroxylation is 1. The Balaban J connectivity index is 2.03. The Hall–Kier alpha value is -3.06. The van der Waals surface area contributed by atoms with Gasteiger partial charge in [-0.2, -0.15) is 13.2 Å². The third-order valence-electron chi connectivity index (χ3n) is 6.02. The maximum Gasteiger partial charge on any atom is 0.471 e. The van der Waals surface area contributed by atoms with Crippen LogP contribution in [0, 0.1) is 0 Å². The van der Waals surface area contributed by atoms with Gasteiger partial charge in [0.1, 0.15) is 18.6 Å². The lowest BCUT2D eigenvalue weighted by Crippen LogP contribution is -2.60. The number of amides is 2. The molecule has 3 rings (SSSR count). The van der Waals surface area contributed by atoms with Gasteiger partial charge in [0.2, 0.25) is 5.91 Å². The Kier molecular flexibility index (Phi) is 10.2. The van der Waals surface area contributed by atoms with E-state index < -0.39 is 48.6 Å². The summed E-state index contributed by atoms with van der Waals surface area (Å²) in [6, 6.07) is 8.96. The Bertz CT molecular complexity index is 1110. The molecule has 0 aliphatic carbocycles. The van der Waals surface area contributed by atoms with Gasteiger partial charge in [0.25, 0.3) is 0 Å². The molecule has 1 aliphatic heterocycles. The second-order valence-electron chi connectivity index (χ2n) is 8.42. The van der Waals surface area contributed by atoms with E-state index in [1.807, 2.05) is 11.4 Å². The molecule has 0 N–H and O–H groups in total. The first-order valence-electron chi connectivity index (χ1n) is 11.6. The smallest absolute Gasteiger partial charge is 0.468 e. The second kappa shape index (κ2) is 13.1. The van der Waals surface area contributed by atoms with Gasteiger partial charge in [-0.1, -0.05) is 36.4 Å². The summed E-state index contributed by atoms with van der Waals surface area (Å²) in [5.74, 6) is -5.27. The first kappa shape index (κ1) is 29.5. The van der Waals surface area contributed by atoms with Crippen molar-refractivity contribution in [2.24, 2.45) is 0 Å². The lowest BCUT2D eigenvalue weighted by atomic mass is 10.0. The van der Waals surface area contributed by atoms with Crippen LogP contribution in [0.1, 0.15) is 22.1 Å². The molecule has 1 aliphatic rings. The van der Waals surface area contributed by atoms with Crippen molar-refractivity contribution in [1.82, 2.24) is 9.80 Å². The maximum atomic E-state index is 13.9. The van der Waals surface area contributed by atoms with Crippen LogP contribution in [0.3, 0.4) is 0 Å². The lowest BCUT2D eigenvalue weighted by Gasteiger charge is -2.37. The van der Waals surface area contributed by atoms with Crippen LogP contribution in [0.4, 0.5) is 13.2 Å². The quantitative estimate of drug-likeness (QED) is 0.425. The summed E-state index contributed by atoms with van der Waals surface area (Å²) < 4.78 is 51.1. The number of carbonyl (C=O) groups excluding carboxylic acids is 4. The first-order valence-corrected chi connectivity index (χ1v) is 13.5. The highest BCUT2D eigenvalue weighted by Crippen LogP contribution is 2.38. The van der Waals surface area contributed by atoms with E-state index in [2.05, 4.69) is 4.74 Å². The van der Waals surface area contributed by atoms with Gasteiger partial charge in [0.15, 0.2) is 0 Å². The average molecular weight is 573 g/mol. The number of carbonyl (C=O) groups is 4. The zero-order valence-electron chi connectivity index (χ0n) is 20.7. The van der Waals surface area contributed by atoms with Gasteiger partial charge in [-0.25, -0.2) is 4.79 Å². The molecule has 0 unspecified atom stereocenters. The largest absolute Gasteiger partial charge is 0.471 e. The minimum Gasteiger partial charge on any atom is -0.468 e. The Labute approximate surface area is 226 Å². The summed E-state index contributed by atoms with van der Waals surface area (Å²) in [6.07, 6.45) is -5.42. The fourth-order valence-corrected chi connectivity index (χ4v) is 6.46. The van der Waals surface area contributed by atoms with Crippen molar-refractivity contribution < 1.29 is 41.8 Å². The molecule has 206 valence electrons. The van der Waals surface area contributed by atoms with E-state index >= 15 is 0 Å². The monoisotopic (exact) mass is 572 g/mol. The number of esters is 2. The van der Waals surface area contributed by atoms with E-state index in [9.17, 15) is 32.3 Å². The predicted molar refractivity (Wildman–Crippen MR) is 135 cm³/mol. The number of methoxy groups -OCH3 is 2. The number of hydrogen-bond acceptors (Lipinski definition) is 8. The molecule has 38 heavy (non-hydrogen) atoms. The lowest BCUT2D eigenvalue weighted by molar-refractivity contribution is -0.194. The van der Waals surface area contributed by atoms with Gasteiger partial charge in [-0.15, -0.1) is 23.1 Å². The second-order valence-corrected chi connectivity index (χ2v) is 10.6. The van der Waals surface area contributed by atoms with Gasteiger partial charge >= 0.3 is 24.0 Å². The van der Waals surface area contributed by atoms with Gasteiger partial charge in [0.05, 0.1) is 19.5 Å². The van der Waals surface area contributed by atoms with Crippen molar-refractivity contribution in [1.29, 1.82) is 0 Å². The van der Waals surface area contributed by atoms with Crippen molar-refractivity contribution in [2.75, 3.05) is 33.1 Å². The van der Waals surface area contributed by atoms with E-state index in [0.29, 0.717) is 4.90 Å². The minimum absolute atomic E-state index is 0.0105. The summed E-state index contributed by atoms with van der Waals surface area (Å²) in [7, 11) is 2.14. The number of ether oxygens (including phenoxy) is 2. The third kappa shape index (κ3) is 7.28. The van der Waals surface area contributed by atoms with Crippen molar-refractivity contribution in [3.63, 3.8) is 0 Å². The zero-order chi connectivity index (χ0) is 27.9. The summed E-state index contributed by atoms with van der Waals surface area (Å²) in [4.78, 5) is 53.6. The molecule has 0 radical (unpaired) electrons. The molecule has 1 aromatic carbocycles. The molecule has 2 amide bonds. The molecule has 8 nitrogen and oxygen atoms in total. The van der Waals surface area contributed by atoms with Gasteiger partial charge in [-0.3, -0.25) is 14.4 Å². The molecule has 3 atom stereocenters. The Morgan fingerprint density at radius 1 is 1.11 bits per heavy atom. The molecule has 13 heteroatoms. The molecular weight excluding hydrogens is 545 g/mol. The summed E-state index contributed by atoms with van der Waals surface area (Å²) in [6.45, 7) is -0.508. The van der Waals surface area contributed by atoms with E-state index in [4.69, 9.17) is 4.74 Å². The molecule has 1 saturated heterocycles. The highest BCUT2D eigenvalue weighted by molar-refractivity contribution is 7.99. The number of benzene rings is 1. The van der Waals surface area contributed by atoms with Crippen LogP contribution >= 0.6 is 23.1 Å².